The molecule has 25 heavy (non-hydrogen) atoms. The van der Waals surface area contributed by atoms with E-state index in [-0.39, 0.29) is 0 Å². The highest BCUT2D eigenvalue weighted by molar-refractivity contribution is 5.85. The van der Waals surface area contributed by atoms with E-state index in [1.807, 2.05) is 61.5 Å². The van der Waals surface area contributed by atoms with Crippen LogP contribution in [0.2, 0.25) is 0 Å². The Morgan fingerprint density at radius 2 is 1.68 bits per heavy atom. The smallest absolute Gasteiger partial charge is 0.121 e. The Hall–Kier alpha value is -3.04. The molecule has 1 atom stereocenters. The van der Waals surface area contributed by atoms with E-state index in [2.05, 4.69) is 23.2 Å². The maximum absolute atomic E-state index is 10.6. The van der Waals surface area contributed by atoms with Crippen molar-refractivity contribution in [3.63, 3.8) is 0 Å². The van der Waals surface area contributed by atoms with Crippen LogP contribution in [0.1, 0.15) is 22.9 Å². The number of nitrogens with zero attached hydrogens (tertiary/aromatic N) is 2. The third-order valence-corrected chi connectivity index (χ3v) is 4.36. The van der Waals surface area contributed by atoms with Crippen LogP contribution < -0.4 is 0 Å². The first-order valence-electron chi connectivity index (χ1n) is 8.28. The van der Waals surface area contributed by atoms with Crippen LogP contribution >= 0.6 is 0 Å². The van der Waals surface area contributed by atoms with Crippen LogP contribution in [-0.4, -0.2) is 15.1 Å². The van der Waals surface area contributed by atoms with Gasteiger partial charge in [-0.3, -0.25) is 4.98 Å². The number of hydrogen-bond acceptors (Lipinski definition) is 3. The number of fused-ring (bicyclic) bond motifs is 1. The van der Waals surface area contributed by atoms with E-state index in [4.69, 9.17) is 4.98 Å². The molecular formula is C22H18N2O. The van der Waals surface area contributed by atoms with E-state index in [0.29, 0.717) is 5.69 Å². The summed E-state index contributed by atoms with van der Waals surface area (Å²) in [4.78, 5) is 9.07. The molecule has 0 saturated heterocycles. The van der Waals surface area contributed by atoms with Crippen molar-refractivity contribution in [2.24, 2.45) is 0 Å². The summed E-state index contributed by atoms with van der Waals surface area (Å²) < 4.78 is 0. The van der Waals surface area contributed by atoms with E-state index >= 15 is 0 Å². The maximum Gasteiger partial charge on any atom is 0.121 e. The Bertz CT molecular complexity index is 1010. The van der Waals surface area contributed by atoms with Crippen molar-refractivity contribution in [1.82, 2.24) is 9.97 Å². The summed E-state index contributed by atoms with van der Waals surface area (Å²) in [6.45, 7) is 2.03. The van der Waals surface area contributed by atoms with Crippen LogP contribution in [0, 0.1) is 6.92 Å². The summed E-state index contributed by atoms with van der Waals surface area (Å²) in [5.41, 5.74) is 5.53. The Kier molecular flexibility index (Phi) is 4.00. The first-order valence-corrected chi connectivity index (χ1v) is 8.28. The van der Waals surface area contributed by atoms with Gasteiger partial charge in [0.1, 0.15) is 6.10 Å². The van der Waals surface area contributed by atoms with Crippen molar-refractivity contribution in [3.05, 3.63) is 95.8 Å². The van der Waals surface area contributed by atoms with Crippen LogP contribution in [0.15, 0.2) is 79.0 Å². The first-order chi connectivity index (χ1) is 12.2. The number of pyridine rings is 2. The number of aliphatic hydroxyl groups excluding tert-OH is 1. The molecule has 0 amide bonds. The molecule has 0 aliphatic rings. The monoisotopic (exact) mass is 326 g/mol. The van der Waals surface area contributed by atoms with Crippen molar-refractivity contribution in [1.29, 1.82) is 0 Å². The number of benzene rings is 2. The van der Waals surface area contributed by atoms with Gasteiger partial charge in [-0.1, -0.05) is 48.5 Å². The second-order valence-electron chi connectivity index (χ2n) is 6.13. The normalized spacial score (nSPS) is 12.2. The van der Waals surface area contributed by atoms with Gasteiger partial charge in [-0.25, -0.2) is 4.98 Å². The van der Waals surface area contributed by atoms with Gasteiger partial charge in [-0.2, -0.15) is 0 Å². The summed E-state index contributed by atoms with van der Waals surface area (Å²) >= 11 is 0. The van der Waals surface area contributed by atoms with Crippen molar-refractivity contribution in [2.75, 3.05) is 0 Å². The average Bonchev–Trinajstić information content (AvgIpc) is 2.68. The summed E-state index contributed by atoms with van der Waals surface area (Å²) in [6, 6.07) is 23.8. The molecule has 122 valence electrons. The van der Waals surface area contributed by atoms with Crippen molar-refractivity contribution in [3.8, 4) is 11.3 Å². The predicted octanol–water partition coefficient (Wildman–Crippen LogP) is 4.69. The third kappa shape index (κ3) is 3.02. The molecule has 0 fully saturated rings. The van der Waals surface area contributed by atoms with Gasteiger partial charge in [-0.05, 0) is 42.3 Å². The molecule has 4 rings (SSSR count). The standard InChI is InChI=1S/C22H18N2O/c1-15-13-18(22(25)20-9-5-6-12-23-20)14-17-10-11-19(24-21(15)17)16-7-3-2-4-8-16/h2-14,22,25H,1H3. The van der Waals surface area contributed by atoms with Crippen LogP contribution in [0.3, 0.4) is 0 Å². The molecular weight excluding hydrogens is 308 g/mol. The van der Waals surface area contributed by atoms with E-state index in [1.54, 1.807) is 6.20 Å². The van der Waals surface area contributed by atoms with Crippen molar-refractivity contribution < 1.29 is 5.11 Å². The Morgan fingerprint density at radius 1 is 0.880 bits per heavy atom. The zero-order valence-electron chi connectivity index (χ0n) is 13.9. The SMILES string of the molecule is Cc1cc(C(O)c2ccccn2)cc2ccc(-c3ccccc3)nc12. The van der Waals surface area contributed by atoms with E-state index in [1.165, 1.54) is 0 Å². The largest absolute Gasteiger partial charge is 0.382 e. The van der Waals surface area contributed by atoms with Crippen LogP contribution in [0.25, 0.3) is 22.2 Å². The molecule has 0 bridgehead atoms. The Balaban J connectivity index is 1.78. The predicted molar refractivity (Wildman–Crippen MR) is 100 cm³/mol. The second kappa shape index (κ2) is 6.46. The van der Waals surface area contributed by atoms with Gasteiger partial charge >= 0.3 is 0 Å². The van der Waals surface area contributed by atoms with Crippen LogP contribution in [0.5, 0.6) is 0 Å². The summed E-state index contributed by atoms with van der Waals surface area (Å²) in [6.07, 6.45) is 0.957. The quantitative estimate of drug-likeness (QED) is 0.594. The Labute approximate surface area is 146 Å². The van der Waals surface area contributed by atoms with Gasteiger partial charge in [0.15, 0.2) is 0 Å². The molecule has 2 heterocycles. The minimum atomic E-state index is -0.738. The minimum absolute atomic E-state index is 0.648. The lowest BCUT2D eigenvalue weighted by atomic mass is 9.99. The number of rotatable bonds is 3. The van der Waals surface area contributed by atoms with E-state index in [9.17, 15) is 5.11 Å². The van der Waals surface area contributed by atoms with E-state index < -0.39 is 6.10 Å². The molecule has 1 N–H and O–H groups in total. The number of aromatic nitrogens is 2. The molecule has 0 radical (unpaired) electrons. The molecule has 2 aromatic heterocycles. The average molecular weight is 326 g/mol. The molecule has 1 unspecified atom stereocenters. The van der Waals surface area contributed by atoms with Gasteiger partial charge in [0.05, 0.1) is 16.9 Å². The summed E-state index contributed by atoms with van der Waals surface area (Å²) in [5.74, 6) is 0. The van der Waals surface area contributed by atoms with E-state index in [0.717, 1.165) is 33.3 Å². The zero-order chi connectivity index (χ0) is 17.2. The first kappa shape index (κ1) is 15.5. The summed E-state index contributed by atoms with van der Waals surface area (Å²) in [5, 5.41) is 11.6. The number of hydrogen-bond donors (Lipinski definition) is 1. The van der Waals surface area contributed by atoms with Gasteiger partial charge in [0.2, 0.25) is 0 Å². The Morgan fingerprint density at radius 3 is 2.44 bits per heavy atom. The second-order valence-corrected chi connectivity index (χ2v) is 6.13. The zero-order valence-corrected chi connectivity index (χ0v) is 13.9. The lowest BCUT2D eigenvalue weighted by molar-refractivity contribution is 0.215. The molecule has 3 nitrogen and oxygen atoms in total. The van der Waals surface area contributed by atoms with Crippen LogP contribution in [-0.2, 0) is 0 Å². The molecule has 0 aliphatic heterocycles. The summed E-state index contributed by atoms with van der Waals surface area (Å²) in [7, 11) is 0. The lowest BCUT2D eigenvalue weighted by Crippen LogP contribution is -2.03. The van der Waals surface area contributed by atoms with Gasteiger partial charge in [0, 0.05) is 17.1 Å². The molecule has 3 heteroatoms. The highest BCUT2D eigenvalue weighted by Gasteiger charge is 2.14. The molecule has 4 aromatic rings. The van der Waals surface area contributed by atoms with Crippen molar-refractivity contribution in [2.45, 2.75) is 13.0 Å². The number of aryl methyl sites for hydroxylation is 1. The van der Waals surface area contributed by atoms with Gasteiger partial charge in [0.25, 0.3) is 0 Å². The van der Waals surface area contributed by atoms with Gasteiger partial charge in [-0.15, -0.1) is 0 Å². The lowest BCUT2D eigenvalue weighted by Gasteiger charge is -2.13. The fourth-order valence-corrected chi connectivity index (χ4v) is 3.08. The molecule has 0 aliphatic carbocycles. The third-order valence-electron chi connectivity index (χ3n) is 4.36. The topological polar surface area (TPSA) is 46.0 Å². The van der Waals surface area contributed by atoms with Gasteiger partial charge < -0.3 is 5.11 Å². The highest BCUT2D eigenvalue weighted by Crippen LogP contribution is 2.28. The van der Waals surface area contributed by atoms with Crippen molar-refractivity contribution >= 4 is 10.9 Å². The molecule has 0 spiro atoms. The fraction of sp³-hybridized carbons (Fsp3) is 0.0909. The van der Waals surface area contributed by atoms with Crippen LogP contribution in [0.4, 0.5) is 0 Å². The molecule has 2 aromatic carbocycles. The highest BCUT2D eigenvalue weighted by atomic mass is 16.3. The number of aliphatic hydroxyl groups is 1. The minimum Gasteiger partial charge on any atom is -0.382 e. The molecule has 0 saturated carbocycles. The maximum atomic E-state index is 10.6. The fourth-order valence-electron chi connectivity index (χ4n) is 3.08.